The SMILES string of the molecule is CCOc1ccccc1CCC(=O)NCCS(=O)(=O)N1CCc2ccccc21. The summed E-state index contributed by atoms with van der Waals surface area (Å²) in [4.78, 5) is 12.1. The Hall–Kier alpha value is -2.54. The average Bonchev–Trinajstić information content (AvgIpc) is 3.12. The highest BCUT2D eigenvalue weighted by molar-refractivity contribution is 7.92. The smallest absolute Gasteiger partial charge is 0.236 e. The fourth-order valence-corrected chi connectivity index (χ4v) is 4.80. The minimum atomic E-state index is -3.45. The van der Waals surface area contributed by atoms with E-state index in [1.54, 1.807) is 0 Å². The molecule has 1 aliphatic heterocycles. The molecular formula is C21H26N2O4S. The van der Waals surface area contributed by atoms with Crippen molar-refractivity contribution in [1.29, 1.82) is 0 Å². The van der Waals surface area contributed by atoms with Crippen LogP contribution in [0.4, 0.5) is 5.69 Å². The van der Waals surface area contributed by atoms with Crippen LogP contribution in [0.3, 0.4) is 0 Å². The molecule has 0 atom stereocenters. The number of carbonyl (C=O) groups excluding carboxylic acids is 1. The van der Waals surface area contributed by atoms with Crippen LogP contribution in [0.5, 0.6) is 5.75 Å². The molecule has 28 heavy (non-hydrogen) atoms. The second-order valence-corrected chi connectivity index (χ2v) is 8.67. The third kappa shape index (κ3) is 4.84. The Labute approximate surface area is 166 Å². The van der Waals surface area contributed by atoms with Crippen LogP contribution >= 0.6 is 0 Å². The molecule has 1 heterocycles. The molecule has 6 nitrogen and oxygen atoms in total. The van der Waals surface area contributed by atoms with Gasteiger partial charge in [0.15, 0.2) is 0 Å². The number of aryl methyl sites for hydroxylation is 1. The lowest BCUT2D eigenvalue weighted by molar-refractivity contribution is -0.120. The van der Waals surface area contributed by atoms with Gasteiger partial charge in [-0.25, -0.2) is 8.42 Å². The van der Waals surface area contributed by atoms with Gasteiger partial charge in [0.1, 0.15) is 5.75 Å². The van der Waals surface area contributed by atoms with E-state index < -0.39 is 10.0 Å². The van der Waals surface area contributed by atoms with Crippen LogP contribution in [0.25, 0.3) is 0 Å². The Balaban J connectivity index is 1.48. The molecule has 150 valence electrons. The van der Waals surface area contributed by atoms with E-state index in [1.165, 1.54) is 4.31 Å². The molecule has 0 saturated carbocycles. The summed E-state index contributed by atoms with van der Waals surface area (Å²) in [5, 5.41) is 2.72. The molecule has 0 saturated heterocycles. The number of nitrogens with zero attached hydrogens (tertiary/aromatic N) is 1. The number of ether oxygens (including phenoxy) is 1. The maximum absolute atomic E-state index is 12.6. The third-order valence-electron chi connectivity index (χ3n) is 4.76. The summed E-state index contributed by atoms with van der Waals surface area (Å²) in [6.07, 6.45) is 1.56. The number of para-hydroxylation sites is 2. The third-order valence-corrected chi connectivity index (χ3v) is 6.53. The van der Waals surface area contributed by atoms with E-state index in [-0.39, 0.29) is 24.6 Å². The number of nitrogens with one attached hydrogen (secondary N) is 1. The standard InChI is InChI=1S/C21H26N2O4S/c1-2-27-20-10-6-4-8-18(20)11-12-21(24)22-14-16-28(25,26)23-15-13-17-7-3-5-9-19(17)23/h3-10H,2,11-16H2,1H3,(H,22,24). The van der Waals surface area contributed by atoms with Gasteiger partial charge in [-0.05, 0) is 43.0 Å². The van der Waals surface area contributed by atoms with Crippen molar-refractivity contribution >= 4 is 21.6 Å². The molecule has 0 aliphatic carbocycles. The van der Waals surface area contributed by atoms with Gasteiger partial charge in [0.25, 0.3) is 0 Å². The number of hydrogen-bond acceptors (Lipinski definition) is 4. The summed E-state index contributed by atoms with van der Waals surface area (Å²) in [5.41, 5.74) is 2.77. The van der Waals surface area contributed by atoms with Crippen molar-refractivity contribution in [2.45, 2.75) is 26.2 Å². The van der Waals surface area contributed by atoms with Gasteiger partial charge in [0.05, 0.1) is 18.0 Å². The number of anilines is 1. The number of hydrogen-bond donors (Lipinski definition) is 1. The molecule has 0 aromatic heterocycles. The average molecular weight is 403 g/mol. The lowest BCUT2D eigenvalue weighted by atomic mass is 10.1. The maximum atomic E-state index is 12.6. The fourth-order valence-electron chi connectivity index (χ4n) is 3.37. The summed E-state index contributed by atoms with van der Waals surface area (Å²) >= 11 is 0. The number of carbonyl (C=O) groups is 1. The predicted octanol–water partition coefficient (Wildman–Crippen LogP) is 2.53. The Bertz CT molecular complexity index is 928. The first kappa shape index (κ1) is 20.2. The predicted molar refractivity (Wildman–Crippen MR) is 110 cm³/mol. The highest BCUT2D eigenvalue weighted by Crippen LogP contribution is 2.29. The lowest BCUT2D eigenvalue weighted by Crippen LogP contribution is -2.37. The van der Waals surface area contributed by atoms with E-state index in [1.807, 2.05) is 55.5 Å². The normalized spacial score (nSPS) is 13.2. The van der Waals surface area contributed by atoms with Crippen LogP contribution < -0.4 is 14.4 Å². The molecule has 0 unspecified atom stereocenters. The zero-order chi connectivity index (χ0) is 20.0. The molecule has 7 heteroatoms. The van der Waals surface area contributed by atoms with Crippen LogP contribution in [0.2, 0.25) is 0 Å². The quantitative estimate of drug-likeness (QED) is 0.699. The molecule has 1 N–H and O–H groups in total. The first-order valence-corrected chi connectivity index (χ1v) is 11.2. The molecule has 2 aromatic rings. The zero-order valence-electron chi connectivity index (χ0n) is 16.1. The van der Waals surface area contributed by atoms with Gasteiger partial charge in [-0.3, -0.25) is 9.10 Å². The van der Waals surface area contributed by atoms with E-state index in [9.17, 15) is 13.2 Å². The highest BCUT2D eigenvalue weighted by Gasteiger charge is 2.28. The van der Waals surface area contributed by atoms with Crippen molar-refractivity contribution in [1.82, 2.24) is 5.32 Å². The summed E-state index contributed by atoms with van der Waals surface area (Å²) in [5.74, 6) is 0.513. The van der Waals surface area contributed by atoms with Crippen LogP contribution in [-0.4, -0.2) is 39.8 Å². The topological polar surface area (TPSA) is 75.7 Å². The largest absolute Gasteiger partial charge is 0.494 e. The first-order chi connectivity index (χ1) is 13.5. The minimum Gasteiger partial charge on any atom is -0.494 e. The van der Waals surface area contributed by atoms with Gasteiger partial charge in [0, 0.05) is 19.5 Å². The Kier molecular flexibility index (Phi) is 6.57. The Morgan fingerprint density at radius 1 is 1.14 bits per heavy atom. The van der Waals surface area contributed by atoms with Crippen molar-refractivity contribution in [2.75, 3.05) is 29.8 Å². The Morgan fingerprint density at radius 3 is 2.71 bits per heavy atom. The van der Waals surface area contributed by atoms with Crippen molar-refractivity contribution < 1.29 is 17.9 Å². The van der Waals surface area contributed by atoms with Crippen LogP contribution in [0, 0.1) is 0 Å². The lowest BCUT2D eigenvalue weighted by Gasteiger charge is -2.19. The van der Waals surface area contributed by atoms with Gasteiger partial charge in [-0.15, -0.1) is 0 Å². The Morgan fingerprint density at radius 2 is 1.89 bits per heavy atom. The van der Waals surface area contributed by atoms with Gasteiger partial charge in [0.2, 0.25) is 15.9 Å². The first-order valence-electron chi connectivity index (χ1n) is 9.57. The molecule has 0 radical (unpaired) electrons. The number of sulfonamides is 1. The van der Waals surface area contributed by atoms with E-state index >= 15 is 0 Å². The second kappa shape index (κ2) is 9.10. The summed E-state index contributed by atoms with van der Waals surface area (Å²) < 4.78 is 32.3. The van der Waals surface area contributed by atoms with Crippen LogP contribution in [0.15, 0.2) is 48.5 Å². The van der Waals surface area contributed by atoms with Crippen molar-refractivity contribution in [3.05, 3.63) is 59.7 Å². The molecule has 0 bridgehead atoms. The number of fused-ring (bicyclic) bond motifs is 1. The van der Waals surface area contributed by atoms with Crippen molar-refractivity contribution in [2.24, 2.45) is 0 Å². The van der Waals surface area contributed by atoms with E-state index in [0.717, 1.165) is 29.0 Å². The van der Waals surface area contributed by atoms with Crippen LogP contribution in [0.1, 0.15) is 24.5 Å². The minimum absolute atomic E-state index is 0.104. The van der Waals surface area contributed by atoms with E-state index in [0.29, 0.717) is 19.6 Å². The summed E-state index contributed by atoms with van der Waals surface area (Å²) in [6, 6.07) is 15.2. The van der Waals surface area contributed by atoms with E-state index in [2.05, 4.69) is 5.32 Å². The summed E-state index contributed by atoms with van der Waals surface area (Å²) in [7, 11) is -3.45. The molecule has 2 aromatic carbocycles. The summed E-state index contributed by atoms with van der Waals surface area (Å²) in [6.45, 7) is 3.06. The number of rotatable bonds is 9. The molecule has 3 rings (SSSR count). The molecular weight excluding hydrogens is 376 g/mol. The molecule has 1 amide bonds. The van der Waals surface area contributed by atoms with Gasteiger partial charge >= 0.3 is 0 Å². The second-order valence-electron chi connectivity index (χ2n) is 6.66. The molecule has 0 spiro atoms. The number of amides is 1. The maximum Gasteiger partial charge on any atom is 0.236 e. The van der Waals surface area contributed by atoms with Crippen molar-refractivity contribution in [3.63, 3.8) is 0 Å². The highest BCUT2D eigenvalue weighted by atomic mass is 32.2. The fraction of sp³-hybridized carbons (Fsp3) is 0.381. The number of benzene rings is 2. The van der Waals surface area contributed by atoms with Crippen LogP contribution in [-0.2, 0) is 27.7 Å². The monoisotopic (exact) mass is 402 g/mol. The van der Waals surface area contributed by atoms with Gasteiger partial charge in [-0.2, -0.15) is 0 Å². The van der Waals surface area contributed by atoms with Gasteiger partial charge in [-0.1, -0.05) is 36.4 Å². The molecule has 0 fully saturated rings. The van der Waals surface area contributed by atoms with Gasteiger partial charge < -0.3 is 10.1 Å². The molecule has 1 aliphatic rings. The zero-order valence-corrected chi connectivity index (χ0v) is 16.9. The van der Waals surface area contributed by atoms with Crippen molar-refractivity contribution in [3.8, 4) is 5.75 Å². The van der Waals surface area contributed by atoms with E-state index in [4.69, 9.17) is 4.74 Å².